The van der Waals surface area contributed by atoms with Crippen molar-refractivity contribution in [3.8, 4) is 0 Å². The quantitative estimate of drug-likeness (QED) is 0.236. The van der Waals surface area contributed by atoms with Crippen LogP contribution in [0.4, 0.5) is 0 Å². The molecular weight excluding hydrogens is 291 g/mol. The molecule has 0 amide bonds. The third-order valence-corrected chi connectivity index (χ3v) is 4.86. The lowest BCUT2D eigenvalue weighted by atomic mass is 10.1. The first kappa shape index (κ1) is 22.7. The highest BCUT2D eigenvalue weighted by Gasteiger charge is 2.14. The van der Waals surface area contributed by atoms with E-state index >= 15 is 0 Å². The van der Waals surface area contributed by atoms with Gasteiger partial charge in [0.25, 0.3) is 0 Å². The molecule has 0 heterocycles. The second-order valence-electron chi connectivity index (χ2n) is 6.17. The topological polar surface area (TPSA) is 18.5 Å². The van der Waals surface area contributed by atoms with Crippen molar-refractivity contribution < 1.29 is 21.9 Å². The maximum atomic E-state index is 5.17. The van der Waals surface area contributed by atoms with Gasteiger partial charge >= 0.3 is 0 Å². The van der Waals surface area contributed by atoms with E-state index in [0.717, 1.165) is 6.42 Å². The fourth-order valence-electron chi connectivity index (χ4n) is 2.00. The molecule has 2 nitrogen and oxygen atoms in total. The van der Waals surface area contributed by atoms with E-state index in [0.29, 0.717) is 0 Å². The Morgan fingerprint density at radius 1 is 0.850 bits per heavy atom. The number of allylic oxidation sites excluding steroid dienone is 2. The van der Waals surface area contributed by atoms with E-state index < -0.39 is 7.26 Å². The van der Waals surface area contributed by atoms with E-state index in [1.54, 1.807) is 14.2 Å². The number of halogens is 1. The Hall–Kier alpha value is 0.380. The summed E-state index contributed by atoms with van der Waals surface area (Å²) < 4.78 is 10.3. The molecular formula is C16H34ClO2P. The Bertz CT molecular complexity index is 223. The molecule has 0 aromatic carbocycles. The summed E-state index contributed by atoms with van der Waals surface area (Å²) in [7, 11) is 2.85. The molecule has 0 bridgehead atoms. The first-order valence-electron chi connectivity index (χ1n) is 7.50. The first-order valence-corrected chi connectivity index (χ1v) is 10.8. The van der Waals surface area contributed by atoms with Crippen molar-refractivity contribution in [2.24, 2.45) is 0 Å². The second-order valence-corrected chi connectivity index (χ2v) is 11.2. The van der Waals surface area contributed by atoms with Crippen LogP contribution in [0.15, 0.2) is 12.2 Å². The summed E-state index contributed by atoms with van der Waals surface area (Å²) in [6, 6.07) is 0. The smallest absolute Gasteiger partial charge is 0.156 e. The van der Waals surface area contributed by atoms with Crippen LogP contribution in [-0.2, 0) is 9.47 Å². The van der Waals surface area contributed by atoms with Crippen molar-refractivity contribution in [1.29, 1.82) is 0 Å². The van der Waals surface area contributed by atoms with Crippen molar-refractivity contribution in [2.45, 2.75) is 51.2 Å². The standard InChI is InChI=1S/C16H34O2P.ClH/c1-17-16(18-2)14-12-10-8-6-7-9-11-13-15-19(3,4)5;/h7,9,16H,6,8,10-15H2,1-5H3;1H/q+1;/p-1/b9-7-;. The molecule has 0 aliphatic carbocycles. The lowest BCUT2D eigenvalue weighted by Gasteiger charge is -2.12. The number of methoxy groups -OCH3 is 2. The molecule has 0 aromatic rings. The molecule has 0 rings (SSSR count). The predicted molar refractivity (Wildman–Crippen MR) is 88.8 cm³/mol. The minimum atomic E-state index is -0.559. The summed E-state index contributed by atoms with van der Waals surface area (Å²) in [4.78, 5) is 0. The maximum Gasteiger partial charge on any atom is 0.156 e. The van der Waals surface area contributed by atoms with Crippen molar-refractivity contribution in [2.75, 3.05) is 40.4 Å². The molecule has 0 fully saturated rings. The number of ether oxygens (including phenoxy) is 2. The highest BCUT2D eigenvalue weighted by atomic mass is 35.5. The van der Waals surface area contributed by atoms with Crippen molar-refractivity contribution in [1.82, 2.24) is 0 Å². The second kappa shape index (κ2) is 14.3. The lowest BCUT2D eigenvalue weighted by Crippen LogP contribution is -3.00. The van der Waals surface area contributed by atoms with Gasteiger partial charge in [-0.25, -0.2) is 0 Å². The van der Waals surface area contributed by atoms with Crippen LogP contribution in [0.2, 0.25) is 0 Å². The molecule has 0 aliphatic heterocycles. The van der Waals surface area contributed by atoms with Crippen LogP contribution in [0.25, 0.3) is 0 Å². The zero-order chi connectivity index (χ0) is 14.6. The average Bonchev–Trinajstić information content (AvgIpc) is 2.35. The summed E-state index contributed by atoms with van der Waals surface area (Å²) >= 11 is 0. The molecule has 0 aliphatic rings. The molecule has 0 saturated heterocycles. The number of unbranched alkanes of at least 4 members (excludes halogenated alkanes) is 4. The van der Waals surface area contributed by atoms with Gasteiger partial charge in [-0.2, -0.15) is 0 Å². The summed E-state index contributed by atoms with van der Waals surface area (Å²) in [5.74, 6) is 0. The minimum absolute atomic E-state index is 0. The van der Waals surface area contributed by atoms with Crippen molar-refractivity contribution in [3.63, 3.8) is 0 Å². The van der Waals surface area contributed by atoms with Gasteiger partial charge in [0.2, 0.25) is 0 Å². The molecule has 0 radical (unpaired) electrons. The van der Waals surface area contributed by atoms with Crippen LogP contribution in [0.3, 0.4) is 0 Å². The highest BCUT2D eigenvalue weighted by molar-refractivity contribution is 7.73. The summed E-state index contributed by atoms with van der Waals surface area (Å²) in [5.41, 5.74) is 0. The summed E-state index contributed by atoms with van der Waals surface area (Å²) in [6.45, 7) is 7.26. The largest absolute Gasteiger partial charge is 1.00 e. The van der Waals surface area contributed by atoms with Crippen molar-refractivity contribution >= 4 is 7.26 Å². The molecule has 0 atom stereocenters. The Morgan fingerprint density at radius 2 is 1.40 bits per heavy atom. The van der Waals surface area contributed by atoms with E-state index in [2.05, 4.69) is 32.1 Å². The van der Waals surface area contributed by atoms with E-state index in [-0.39, 0.29) is 18.7 Å². The van der Waals surface area contributed by atoms with Gasteiger partial charge < -0.3 is 21.9 Å². The summed E-state index contributed by atoms with van der Waals surface area (Å²) in [5, 5.41) is 0. The van der Waals surface area contributed by atoms with Crippen LogP contribution in [0, 0.1) is 0 Å². The van der Waals surface area contributed by atoms with Crippen LogP contribution in [0.1, 0.15) is 44.9 Å². The first-order chi connectivity index (χ1) is 8.99. The molecule has 0 unspecified atom stereocenters. The Kier molecular flexibility index (Phi) is 16.2. The predicted octanol–water partition coefficient (Wildman–Crippen LogP) is 1.80. The maximum absolute atomic E-state index is 5.17. The van der Waals surface area contributed by atoms with E-state index in [4.69, 9.17) is 9.47 Å². The van der Waals surface area contributed by atoms with Gasteiger partial charge in [-0.3, -0.25) is 0 Å². The van der Waals surface area contributed by atoms with Crippen LogP contribution in [-0.4, -0.2) is 46.7 Å². The lowest BCUT2D eigenvalue weighted by molar-refractivity contribution is -0.107. The molecule has 0 saturated carbocycles. The number of hydrogen-bond donors (Lipinski definition) is 0. The molecule has 0 N–H and O–H groups in total. The van der Waals surface area contributed by atoms with E-state index in [1.165, 1.54) is 44.7 Å². The molecule has 0 spiro atoms. The fraction of sp³-hybridized carbons (Fsp3) is 0.875. The van der Waals surface area contributed by atoms with Gasteiger partial charge in [0.05, 0.1) is 6.16 Å². The zero-order valence-electron chi connectivity index (χ0n) is 14.0. The third-order valence-electron chi connectivity index (χ3n) is 3.20. The average molecular weight is 325 g/mol. The SMILES string of the molecule is COC(CCCCC/C=C\CCC[P+](C)(C)C)OC.[Cl-]. The highest BCUT2D eigenvalue weighted by Crippen LogP contribution is 2.47. The van der Waals surface area contributed by atoms with Gasteiger partial charge in [-0.1, -0.05) is 18.6 Å². The fourth-order valence-corrected chi connectivity index (χ4v) is 3.13. The van der Waals surface area contributed by atoms with E-state index in [9.17, 15) is 0 Å². The molecule has 4 heteroatoms. The Morgan fingerprint density at radius 3 is 1.90 bits per heavy atom. The van der Waals surface area contributed by atoms with Crippen LogP contribution >= 0.6 is 7.26 Å². The van der Waals surface area contributed by atoms with Crippen LogP contribution < -0.4 is 12.4 Å². The normalized spacial score (nSPS) is 12.1. The molecule has 122 valence electrons. The van der Waals surface area contributed by atoms with Crippen molar-refractivity contribution in [3.05, 3.63) is 12.2 Å². The van der Waals surface area contributed by atoms with Gasteiger partial charge in [0.15, 0.2) is 6.29 Å². The third kappa shape index (κ3) is 16.4. The van der Waals surface area contributed by atoms with Gasteiger partial charge in [-0.15, -0.1) is 0 Å². The Balaban J connectivity index is 0. The van der Waals surface area contributed by atoms with Gasteiger partial charge in [-0.05, 0) is 38.5 Å². The minimum Gasteiger partial charge on any atom is -1.00 e. The summed E-state index contributed by atoms with van der Waals surface area (Å²) in [6.07, 6.45) is 14.7. The van der Waals surface area contributed by atoms with Gasteiger partial charge in [0.1, 0.15) is 0 Å². The molecule has 0 aromatic heterocycles. The number of rotatable bonds is 12. The molecule has 20 heavy (non-hydrogen) atoms. The monoisotopic (exact) mass is 324 g/mol. The Labute approximate surface area is 133 Å². The zero-order valence-corrected chi connectivity index (χ0v) is 15.7. The van der Waals surface area contributed by atoms with Crippen LogP contribution in [0.5, 0.6) is 0 Å². The number of hydrogen-bond acceptors (Lipinski definition) is 2. The van der Waals surface area contributed by atoms with Gasteiger partial charge in [0, 0.05) is 41.5 Å². The van der Waals surface area contributed by atoms with E-state index in [1.807, 2.05) is 0 Å².